The van der Waals surface area contributed by atoms with Crippen molar-refractivity contribution in [2.24, 2.45) is 0 Å². The van der Waals surface area contributed by atoms with E-state index >= 15 is 0 Å². The molecule has 0 spiro atoms. The number of thioether (sulfide) groups is 1. The molecule has 29 heavy (non-hydrogen) atoms. The molecular weight excluding hydrogens is 386 g/mol. The maximum absolute atomic E-state index is 13.0. The normalized spacial score (nSPS) is 14.6. The molecule has 1 aliphatic heterocycles. The summed E-state index contributed by atoms with van der Waals surface area (Å²) in [6.07, 6.45) is 0.612. The molecule has 1 aromatic heterocycles. The standard InChI is InChI=1S/C22H29N3O3S/c1-5-17-19(22(27)28-4)15(3)20(23-17)21(26)24-18-8-6-7-16(14(18)2)13-25-9-11-29-12-10-25/h6-8,23H,5,9-13H2,1-4H3,(H,24,26). The van der Waals surface area contributed by atoms with Crippen LogP contribution in [-0.4, -0.2) is 53.5 Å². The van der Waals surface area contributed by atoms with Crippen LogP contribution in [0.25, 0.3) is 0 Å². The molecule has 6 nitrogen and oxygen atoms in total. The van der Waals surface area contributed by atoms with Crippen LogP contribution in [0, 0.1) is 13.8 Å². The zero-order valence-corrected chi connectivity index (χ0v) is 18.4. The molecule has 1 aromatic carbocycles. The lowest BCUT2D eigenvalue weighted by Gasteiger charge is -2.27. The molecule has 1 aliphatic rings. The minimum Gasteiger partial charge on any atom is -0.465 e. The van der Waals surface area contributed by atoms with Gasteiger partial charge in [-0.2, -0.15) is 11.8 Å². The van der Waals surface area contributed by atoms with Gasteiger partial charge in [-0.3, -0.25) is 9.69 Å². The second-order valence-electron chi connectivity index (χ2n) is 7.26. The molecule has 1 fully saturated rings. The van der Waals surface area contributed by atoms with Crippen LogP contribution < -0.4 is 5.32 Å². The Kier molecular flexibility index (Phi) is 7.03. The van der Waals surface area contributed by atoms with Crippen molar-refractivity contribution < 1.29 is 14.3 Å². The monoisotopic (exact) mass is 415 g/mol. The Morgan fingerprint density at radius 2 is 1.93 bits per heavy atom. The van der Waals surface area contributed by atoms with Crippen molar-refractivity contribution in [1.29, 1.82) is 0 Å². The quantitative estimate of drug-likeness (QED) is 0.703. The number of hydrogen-bond donors (Lipinski definition) is 2. The molecule has 0 radical (unpaired) electrons. The second-order valence-corrected chi connectivity index (χ2v) is 8.48. The third kappa shape index (κ3) is 4.67. The number of benzene rings is 1. The largest absolute Gasteiger partial charge is 0.465 e. The lowest BCUT2D eigenvalue weighted by molar-refractivity contribution is 0.0599. The van der Waals surface area contributed by atoms with Crippen LogP contribution in [0.4, 0.5) is 5.69 Å². The van der Waals surface area contributed by atoms with Gasteiger partial charge < -0.3 is 15.0 Å². The smallest absolute Gasteiger partial charge is 0.339 e. The highest BCUT2D eigenvalue weighted by Gasteiger charge is 2.24. The Hall–Kier alpha value is -2.25. The van der Waals surface area contributed by atoms with Crippen LogP contribution in [0.3, 0.4) is 0 Å². The molecule has 7 heteroatoms. The zero-order chi connectivity index (χ0) is 21.0. The molecule has 0 unspecified atom stereocenters. The Balaban J connectivity index is 1.81. The highest BCUT2D eigenvalue weighted by atomic mass is 32.2. The predicted octanol–water partition coefficient (Wildman–Crippen LogP) is 3.78. The molecule has 156 valence electrons. The SMILES string of the molecule is CCc1[nH]c(C(=O)Nc2cccc(CN3CCSCC3)c2C)c(C)c1C(=O)OC. The van der Waals surface area contributed by atoms with Gasteiger partial charge in [0.2, 0.25) is 0 Å². The summed E-state index contributed by atoms with van der Waals surface area (Å²) in [5, 5.41) is 3.02. The van der Waals surface area contributed by atoms with Gasteiger partial charge >= 0.3 is 5.97 Å². The van der Waals surface area contributed by atoms with Gasteiger partial charge in [-0.25, -0.2) is 4.79 Å². The number of aromatic nitrogens is 1. The van der Waals surface area contributed by atoms with Crippen LogP contribution >= 0.6 is 11.8 Å². The number of nitrogens with one attached hydrogen (secondary N) is 2. The summed E-state index contributed by atoms with van der Waals surface area (Å²) in [6.45, 7) is 8.84. The molecule has 0 bridgehead atoms. The minimum atomic E-state index is -0.424. The van der Waals surface area contributed by atoms with Gasteiger partial charge in [0.05, 0.1) is 12.7 Å². The molecule has 0 aliphatic carbocycles. The van der Waals surface area contributed by atoms with E-state index in [1.165, 1.54) is 24.2 Å². The van der Waals surface area contributed by atoms with E-state index < -0.39 is 5.97 Å². The number of aromatic amines is 1. The van der Waals surface area contributed by atoms with Crippen LogP contribution in [0.5, 0.6) is 0 Å². The van der Waals surface area contributed by atoms with Crippen molar-refractivity contribution in [3.8, 4) is 0 Å². The zero-order valence-electron chi connectivity index (χ0n) is 17.6. The molecule has 2 N–H and O–H groups in total. The summed E-state index contributed by atoms with van der Waals surface area (Å²) in [7, 11) is 1.35. The van der Waals surface area contributed by atoms with Crippen molar-refractivity contribution in [2.45, 2.75) is 33.7 Å². The third-order valence-electron chi connectivity index (χ3n) is 5.49. The number of hydrogen-bond acceptors (Lipinski definition) is 5. The van der Waals surface area contributed by atoms with Gasteiger partial charge in [-0.15, -0.1) is 0 Å². The summed E-state index contributed by atoms with van der Waals surface area (Å²) in [5.74, 6) is 1.67. The maximum atomic E-state index is 13.0. The van der Waals surface area contributed by atoms with Gasteiger partial charge in [0.1, 0.15) is 5.69 Å². The Bertz CT molecular complexity index is 901. The molecule has 1 amide bonds. The van der Waals surface area contributed by atoms with E-state index in [4.69, 9.17) is 4.74 Å². The Morgan fingerprint density at radius 3 is 2.59 bits per heavy atom. The lowest BCUT2D eigenvalue weighted by atomic mass is 10.1. The summed E-state index contributed by atoms with van der Waals surface area (Å²) >= 11 is 2.00. The number of nitrogens with zero attached hydrogens (tertiary/aromatic N) is 1. The summed E-state index contributed by atoms with van der Waals surface area (Å²) in [6, 6.07) is 6.02. The van der Waals surface area contributed by atoms with E-state index in [2.05, 4.69) is 21.3 Å². The van der Waals surface area contributed by atoms with Crippen LogP contribution in [0.1, 0.15) is 50.2 Å². The molecule has 2 heterocycles. The van der Waals surface area contributed by atoms with Crippen LogP contribution in [0.15, 0.2) is 18.2 Å². The highest BCUT2D eigenvalue weighted by molar-refractivity contribution is 7.99. The van der Waals surface area contributed by atoms with Gasteiger partial charge in [-0.05, 0) is 43.0 Å². The number of esters is 1. The van der Waals surface area contributed by atoms with E-state index in [1.54, 1.807) is 6.92 Å². The number of carbonyl (C=O) groups is 2. The first-order valence-corrected chi connectivity index (χ1v) is 11.1. The van der Waals surface area contributed by atoms with Gasteiger partial charge in [0.15, 0.2) is 0 Å². The number of H-pyrrole nitrogens is 1. The first kappa shape index (κ1) is 21.5. The first-order valence-electron chi connectivity index (χ1n) is 9.95. The Morgan fingerprint density at radius 1 is 1.21 bits per heavy atom. The first-order chi connectivity index (χ1) is 14.0. The summed E-state index contributed by atoms with van der Waals surface area (Å²) in [5.41, 5.74) is 5.28. The fourth-order valence-corrected chi connectivity index (χ4v) is 4.68. The fraction of sp³-hybridized carbons (Fsp3) is 0.455. The van der Waals surface area contributed by atoms with Crippen molar-refractivity contribution in [2.75, 3.05) is 37.0 Å². The predicted molar refractivity (Wildman–Crippen MR) is 118 cm³/mol. The fourth-order valence-electron chi connectivity index (χ4n) is 3.70. The average Bonchev–Trinajstić information content (AvgIpc) is 3.07. The molecule has 2 aromatic rings. The summed E-state index contributed by atoms with van der Waals surface area (Å²) < 4.78 is 4.88. The third-order valence-corrected chi connectivity index (χ3v) is 6.43. The number of rotatable bonds is 6. The number of aryl methyl sites for hydroxylation is 1. The van der Waals surface area contributed by atoms with E-state index in [0.717, 1.165) is 30.9 Å². The van der Waals surface area contributed by atoms with Crippen LogP contribution in [0.2, 0.25) is 0 Å². The maximum Gasteiger partial charge on any atom is 0.339 e. The molecule has 0 saturated carbocycles. The van der Waals surface area contributed by atoms with Gasteiger partial charge in [-0.1, -0.05) is 19.1 Å². The summed E-state index contributed by atoms with van der Waals surface area (Å²) in [4.78, 5) is 30.7. The van der Waals surface area contributed by atoms with E-state index in [0.29, 0.717) is 28.9 Å². The van der Waals surface area contributed by atoms with E-state index in [1.807, 2.05) is 37.7 Å². The molecule has 3 rings (SSSR count). The number of carbonyl (C=O) groups excluding carboxylic acids is 2. The Labute approximate surface area is 176 Å². The molecule has 0 atom stereocenters. The van der Waals surface area contributed by atoms with Crippen molar-refractivity contribution in [3.05, 3.63) is 51.8 Å². The van der Waals surface area contributed by atoms with Gasteiger partial charge in [0, 0.05) is 42.5 Å². The average molecular weight is 416 g/mol. The van der Waals surface area contributed by atoms with Crippen molar-refractivity contribution >= 4 is 29.3 Å². The number of ether oxygens (including phenoxy) is 1. The molecular formula is C22H29N3O3S. The topological polar surface area (TPSA) is 74.4 Å². The highest BCUT2D eigenvalue weighted by Crippen LogP contribution is 2.25. The van der Waals surface area contributed by atoms with Gasteiger partial charge in [0.25, 0.3) is 5.91 Å². The number of methoxy groups -OCH3 is 1. The number of anilines is 1. The van der Waals surface area contributed by atoms with Crippen molar-refractivity contribution in [3.63, 3.8) is 0 Å². The molecule has 1 saturated heterocycles. The minimum absolute atomic E-state index is 0.248. The van der Waals surface area contributed by atoms with Crippen molar-refractivity contribution in [1.82, 2.24) is 9.88 Å². The lowest BCUT2D eigenvalue weighted by Crippen LogP contribution is -2.32. The van der Waals surface area contributed by atoms with E-state index in [9.17, 15) is 9.59 Å². The van der Waals surface area contributed by atoms with Crippen LogP contribution in [-0.2, 0) is 17.7 Å². The second kappa shape index (κ2) is 9.50. The number of amides is 1. The van der Waals surface area contributed by atoms with E-state index in [-0.39, 0.29) is 5.91 Å².